The van der Waals surface area contributed by atoms with Crippen molar-refractivity contribution in [3.63, 3.8) is 0 Å². The molecular formula is C15H11FN2OS2. The van der Waals surface area contributed by atoms with Crippen LogP contribution in [0.4, 0.5) is 10.1 Å². The highest BCUT2D eigenvalue weighted by Gasteiger charge is 2.14. The molecule has 0 unspecified atom stereocenters. The van der Waals surface area contributed by atoms with Gasteiger partial charge in [0.2, 0.25) is 0 Å². The number of carbonyl (C=O) groups is 1. The minimum atomic E-state index is -0.463. The number of hydrogen-bond donors (Lipinski definition) is 1. The molecule has 0 spiro atoms. The summed E-state index contributed by atoms with van der Waals surface area (Å²) in [4.78, 5) is 18.6. The van der Waals surface area contributed by atoms with Crippen LogP contribution in [0.3, 0.4) is 0 Å². The number of thiophene rings is 1. The van der Waals surface area contributed by atoms with Crippen molar-refractivity contribution in [2.45, 2.75) is 6.92 Å². The molecule has 6 heteroatoms. The third kappa shape index (κ3) is 3.01. The first-order valence-corrected chi connectivity index (χ1v) is 7.91. The van der Waals surface area contributed by atoms with Crippen LogP contribution in [0, 0.1) is 12.7 Å². The van der Waals surface area contributed by atoms with Gasteiger partial charge in [-0.2, -0.15) is 0 Å². The van der Waals surface area contributed by atoms with Gasteiger partial charge < -0.3 is 5.32 Å². The fraction of sp³-hybridized carbons (Fsp3) is 0.0667. The van der Waals surface area contributed by atoms with Gasteiger partial charge in [-0.05, 0) is 31.2 Å². The molecule has 0 fully saturated rings. The monoisotopic (exact) mass is 318 g/mol. The Balaban J connectivity index is 1.80. The Morgan fingerprint density at radius 2 is 2.05 bits per heavy atom. The van der Waals surface area contributed by atoms with E-state index in [1.54, 1.807) is 28.8 Å². The summed E-state index contributed by atoms with van der Waals surface area (Å²) in [5, 5.41) is 5.01. The van der Waals surface area contributed by atoms with Gasteiger partial charge >= 0.3 is 0 Å². The van der Waals surface area contributed by atoms with E-state index in [0.29, 0.717) is 5.69 Å². The Labute approximate surface area is 129 Å². The van der Waals surface area contributed by atoms with Gasteiger partial charge in [0.25, 0.3) is 5.91 Å². The van der Waals surface area contributed by atoms with Gasteiger partial charge in [-0.3, -0.25) is 4.79 Å². The summed E-state index contributed by atoms with van der Waals surface area (Å²) < 4.78 is 13.5. The standard InChI is InChI=1S/C15H11FN2OS2/c1-9-6-7-13(21-9)15-18-12(8-20-15)14(19)17-11-5-3-2-4-10(11)16/h2-8H,1H3,(H,17,19). The second kappa shape index (κ2) is 5.75. The van der Waals surface area contributed by atoms with E-state index in [4.69, 9.17) is 0 Å². The summed E-state index contributed by atoms with van der Waals surface area (Å²) in [6, 6.07) is 10.1. The van der Waals surface area contributed by atoms with Gasteiger partial charge in [0.15, 0.2) is 0 Å². The number of hydrogen-bond acceptors (Lipinski definition) is 4. The molecule has 0 saturated carbocycles. The van der Waals surface area contributed by atoms with Gasteiger partial charge in [-0.25, -0.2) is 9.37 Å². The Morgan fingerprint density at radius 3 is 2.76 bits per heavy atom. The first-order chi connectivity index (χ1) is 10.1. The van der Waals surface area contributed by atoms with E-state index < -0.39 is 11.7 Å². The molecule has 0 saturated heterocycles. The van der Waals surface area contributed by atoms with Gasteiger partial charge in [0.05, 0.1) is 10.6 Å². The number of benzene rings is 1. The molecule has 1 aromatic carbocycles. The lowest BCUT2D eigenvalue weighted by atomic mass is 10.3. The molecule has 21 heavy (non-hydrogen) atoms. The van der Waals surface area contributed by atoms with Crippen molar-refractivity contribution in [1.29, 1.82) is 0 Å². The highest BCUT2D eigenvalue weighted by atomic mass is 32.1. The van der Waals surface area contributed by atoms with Gasteiger partial charge in [0, 0.05) is 10.3 Å². The molecule has 3 aromatic rings. The van der Waals surface area contributed by atoms with E-state index in [0.717, 1.165) is 9.88 Å². The van der Waals surface area contributed by atoms with E-state index in [1.165, 1.54) is 28.3 Å². The van der Waals surface area contributed by atoms with Crippen LogP contribution in [0.15, 0.2) is 41.8 Å². The van der Waals surface area contributed by atoms with Crippen molar-refractivity contribution in [2.24, 2.45) is 0 Å². The summed E-state index contributed by atoms with van der Waals surface area (Å²) in [6.45, 7) is 2.02. The average molecular weight is 318 g/mol. The number of para-hydroxylation sites is 1. The highest BCUT2D eigenvalue weighted by Crippen LogP contribution is 2.30. The van der Waals surface area contributed by atoms with E-state index in [9.17, 15) is 9.18 Å². The van der Waals surface area contributed by atoms with Crippen molar-refractivity contribution in [3.8, 4) is 9.88 Å². The number of anilines is 1. The fourth-order valence-electron chi connectivity index (χ4n) is 1.79. The van der Waals surface area contributed by atoms with Crippen molar-refractivity contribution in [2.75, 3.05) is 5.32 Å². The summed E-state index contributed by atoms with van der Waals surface area (Å²) in [5.41, 5.74) is 0.452. The van der Waals surface area contributed by atoms with Gasteiger partial charge in [-0.15, -0.1) is 22.7 Å². The largest absolute Gasteiger partial charge is 0.318 e. The molecule has 3 nitrogen and oxygen atoms in total. The number of thiazole rings is 1. The number of aryl methyl sites for hydroxylation is 1. The van der Waals surface area contributed by atoms with Crippen molar-refractivity contribution in [1.82, 2.24) is 4.98 Å². The maximum Gasteiger partial charge on any atom is 0.275 e. The number of nitrogens with zero attached hydrogens (tertiary/aromatic N) is 1. The first-order valence-electron chi connectivity index (χ1n) is 6.22. The molecule has 106 valence electrons. The van der Waals surface area contributed by atoms with Crippen LogP contribution in [0.5, 0.6) is 0 Å². The third-order valence-corrected chi connectivity index (χ3v) is 4.82. The molecule has 0 radical (unpaired) electrons. The van der Waals surface area contributed by atoms with Crippen LogP contribution in [-0.2, 0) is 0 Å². The summed E-state index contributed by atoms with van der Waals surface area (Å²) in [5.74, 6) is -0.869. The Bertz CT molecular complexity index is 794. The highest BCUT2D eigenvalue weighted by molar-refractivity contribution is 7.21. The number of halogens is 1. The van der Waals surface area contributed by atoms with Crippen molar-refractivity contribution >= 4 is 34.3 Å². The Morgan fingerprint density at radius 1 is 1.24 bits per heavy atom. The molecule has 0 aliphatic rings. The Hall–Kier alpha value is -2.05. The molecule has 2 heterocycles. The summed E-state index contributed by atoms with van der Waals surface area (Å²) in [6.07, 6.45) is 0. The number of rotatable bonds is 3. The normalized spacial score (nSPS) is 10.6. The smallest absolute Gasteiger partial charge is 0.275 e. The zero-order chi connectivity index (χ0) is 14.8. The van der Waals surface area contributed by atoms with Crippen molar-refractivity contribution < 1.29 is 9.18 Å². The Kier molecular flexibility index (Phi) is 3.81. The third-order valence-electron chi connectivity index (χ3n) is 2.81. The molecule has 1 amide bonds. The van der Waals surface area contributed by atoms with Gasteiger partial charge in [0.1, 0.15) is 16.5 Å². The maximum absolute atomic E-state index is 13.5. The minimum Gasteiger partial charge on any atom is -0.318 e. The molecular weight excluding hydrogens is 307 g/mol. The van der Waals surface area contributed by atoms with Gasteiger partial charge in [-0.1, -0.05) is 12.1 Å². The number of aromatic nitrogens is 1. The molecule has 0 bridgehead atoms. The quantitative estimate of drug-likeness (QED) is 0.768. The molecule has 0 atom stereocenters. The lowest BCUT2D eigenvalue weighted by Gasteiger charge is -2.03. The van der Waals surface area contributed by atoms with E-state index in [1.807, 2.05) is 19.1 Å². The number of carbonyl (C=O) groups excluding carboxylic acids is 1. The van der Waals surface area contributed by atoms with Crippen LogP contribution in [0.1, 0.15) is 15.4 Å². The van der Waals surface area contributed by atoms with Crippen LogP contribution >= 0.6 is 22.7 Å². The average Bonchev–Trinajstić information content (AvgIpc) is 3.10. The lowest BCUT2D eigenvalue weighted by Crippen LogP contribution is -2.13. The van der Waals surface area contributed by atoms with Crippen LogP contribution < -0.4 is 5.32 Å². The first kappa shape index (κ1) is 13.9. The van der Waals surface area contributed by atoms with E-state index >= 15 is 0 Å². The second-order valence-corrected chi connectivity index (χ2v) is 6.53. The van der Waals surface area contributed by atoms with E-state index in [-0.39, 0.29) is 5.69 Å². The zero-order valence-electron chi connectivity index (χ0n) is 11.1. The zero-order valence-corrected chi connectivity index (χ0v) is 12.7. The topological polar surface area (TPSA) is 42.0 Å². The summed E-state index contributed by atoms with van der Waals surface area (Å²) >= 11 is 3.03. The van der Waals surface area contributed by atoms with Crippen LogP contribution in [0.25, 0.3) is 9.88 Å². The molecule has 0 aliphatic carbocycles. The summed E-state index contributed by atoms with van der Waals surface area (Å²) in [7, 11) is 0. The molecule has 0 aliphatic heterocycles. The number of nitrogens with one attached hydrogen (secondary N) is 1. The molecule has 1 N–H and O–H groups in total. The molecule has 3 rings (SSSR count). The predicted octanol–water partition coefficient (Wildman–Crippen LogP) is 4.57. The number of amides is 1. The maximum atomic E-state index is 13.5. The second-order valence-electron chi connectivity index (χ2n) is 4.38. The van der Waals surface area contributed by atoms with Crippen LogP contribution in [-0.4, -0.2) is 10.9 Å². The van der Waals surface area contributed by atoms with Crippen LogP contribution in [0.2, 0.25) is 0 Å². The fourth-order valence-corrected chi connectivity index (χ4v) is 3.53. The van der Waals surface area contributed by atoms with E-state index in [2.05, 4.69) is 10.3 Å². The minimum absolute atomic E-state index is 0.156. The predicted molar refractivity (Wildman–Crippen MR) is 84.5 cm³/mol. The van der Waals surface area contributed by atoms with Crippen molar-refractivity contribution in [3.05, 3.63) is 58.2 Å². The lowest BCUT2D eigenvalue weighted by molar-refractivity contribution is 0.102. The SMILES string of the molecule is Cc1ccc(-c2nc(C(=O)Nc3ccccc3F)cs2)s1. The molecule has 2 aromatic heterocycles.